The molecule has 2 fully saturated rings. The Bertz CT molecular complexity index is 727. The summed E-state index contributed by atoms with van der Waals surface area (Å²) in [5.41, 5.74) is 2.42. The van der Waals surface area contributed by atoms with Gasteiger partial charge in [0.2, 0.25) is 0 Å². The summed E-state index contributed by atoms with van der Waals surface area (Å²) >= 11 is 2.02. The number of nitrogens with zero attached hydrogens (tertiary/aromatic N) is 3. The van der Waals surface area contributed by atoms with Gasteiger partial charge in [0.05, 0.1) is 0 Å². The molecule has 0 radical (unpaired) electrons. The van der Waals surface area contributed by atoms with Crippen molar-refractivity contribution in [1.29, 1.82) is 0 Å². The van der Waals surface area contributed by atoms with Crippen LogP contribution in [-0.4, -0.2) is 58.6 Å². The van der Waals surface area contributed by atoms with Crippen molar-refractivity contribution in [3.05, 3.63) is 48.0 Å². The average Bonchev–Trinajstić information content (AvgIpc) is 3.28. The summed E-state index contributed by atoms with van der Waals surface area (Å²) in [4.78, 5) is 24.5. The Balaban J connectivity index is 1.28. The molecule has 7 heteroatoms. The van der Waals surface area contributed by atoms with Crippen LogP contribution in [0.4, 0.5) is 10.5 Å². The molecule has 0 spiro atoms. The van der Waals surface area contributed by atoms with Crippen LogP contribution in [0.25, 0.3) is 0 Å². The lowest BCUT2D eigenvalue weighted by Gasteiger charge is -2.32. The zero-order valence-corrected chi connectivity index (χ0v) is 16.4. The highest BCUT2D eigenvalue weighted by Gasteiger charge is 2.25. The van der Waals surface area contributed by atoms with Crippen LogP contribution in [0.5, 0.6) is 0 Å². The maximum absolute atomic E-state index is 12.6. The van der Waals surface area contributed by atoms with Gasteiger partial charge in [-0.3, -0.25) is 0 Å². The highest BCUT2D eigenvalue weighted by atomic mass is 32.2. The first-order valence-electron chi connectivity index (χ1n) is 9.73. The smallest absolute Gasteiger partial charge is 0.317 e. The summed E-state index contributed by atoms with van der Waals surface area (Å²) in [5.74, 6) is 3.69. The van der Waals surface area contributed by atoms with Crippen LogP contribution < -0.4 is 10.2 Å². The number of benzene rings is 1. The van der Waals surface area contributed by atoms with Crippen molar-refractivity contribution in [3.8, 4) is 0 Å². The summed E-state index contributed by atoms with van der Waals surface area (Å²) in [6.45, 7) is 4.34. The van der Waals surface area contributed by atoms with Crippen molar-refractivity contribution in [2.45, 2.75) is 25.3 Å². The Morgan fingerprint density at radius 2 is 2.04 bits per heavy atom. The topological polar surface area (TPSA) is 64.3 Å². The number of anilines is 1. The number of carbonyl (C=O) groups excluding carboxylic acids is 1. The van der Waals surface area contributed by atoms with Crippen molar-refractivity contribution in [2.24, 2.45) is 0 Å². The van der Waals surface area contributed by atoms with Gasteiger partial charge in [0.1, 0.15) is 5.82 Å². The SMILES string of the molecule is O=C(NCc1ccc(N2CCSCC2)cc1)N1CCCC(c2ncc[nH]2)C1. The Kier molecular flexibility index (Phi) is 5.87. The van der Waals surface area contributed by atoms with Crippen molar-refractivity contribution in [3.63, 3.8) is 0 Å². The van der Waals surface area contributed by atoms with E-state index in [9.17, 15) is 4.79 Å². The molecule has 0 aliphatic carbocycles. The van der Waals surface area contributed by atoms with Gasteiger partial charge in [0.25, 0.3) is 0 Å². The maximum atomic E-state index is 12.6. The molecular weight excluding hydrogens is 358 g/mol. The summed E-state index contributed by atoms with van der Waals surface area (Å²) in [6.07, 6.45) is 5.72. The van der Waals surface area contributed by atoms with Gasteiger partial charge in [-0.05, 0) is 30.5 Å². The van der Waals surface area contributed by atoms with Crippen LogP contribution >= 0.6 is 11.8 Å². The summed E-state index contributed by atoms with van der Waals surface area (Å²) < 4.78 is 0. The van der Waals surface area contributed by atoms with Crippen LogP contribution in [0.1, 0.15) is 30.1 Å². The maximum Gasteiger partial charge on any atom is 0.317 e. The van der Waals surface area contributed by atoms with Crippen LogP contribution in [-0.2, 0) is 6.54 Å². The molecule has 1 aromatic carbocycles. The second-order valence-corrected chi connectivity index (χ2v) is 8.41. The molecule has 1 unspecified atom stereocenters. The number of likely N-dealkylation sites (tertiary alicyclic amines) is 1. The molecule has 2 saturated heterocycles. The third-order valence-electron chi connectivity index (χ3n) is 5.37. The van der Waals surface area contributed by atoms with Gasteiger partial charge in [0.15, 0.2) is 0 Å². The van der Waals surface area contributed by atoms with Gasteiger partial charge >= 0.3 is 6.03 Å². The predicted molar refractivity (Wildman–Crippen MR) is 110 cm³/mol. The Morgan fingerprint density at radius 1 is 1.22 bits per heavy atom. The van der Waals surface area contributed by atoms with Gasteiger partial charge in [-0.2, -0.15) is 11.8 Å². The number of urea groups is 1. The van der Waals surface area contributed by atoms with E-state index in [-0.39, 0.29) is 6.03 Å². The molecule has 2 N–H and O–H groups in total. The molecule has 4 rings (SSSR count). The van der Waals surface area contributed by atoms with Crippen molar-refractivity contribution >= 4 is 23.5 Å². The van der Waals surface area contributed by atoms with Crippen molar-refractivity contribution < 1.29 is 4.79 Å². The predicted octanol–water partition coefficient (Wildman–Crippen LogP) is 3.05. The number of carbonyl (C=O) groups is 1. The summed E-state index contributed by atoms with van der Waals surface area (Å²) in [7, 11) is 0. The number of rotatable bonds is 4. The summed E-state index contributed by atoms with van der Waals surface area (Å²) in [6, 6.07) is 8.61. The van der Waals surface area contributed by atoms with Crippen molar-refractivity contribution in [2.75, 3.05) is 42.6 Å². The molecule has 2 aliphatic rings. The molecule has 144 valence electrons. The normalized spacial score (nSPS) is 20.5. The summed E-state index contributed by atoms with van der Waals surface area (Å²) in [5, 5.41) is 3.07. The number of H-pyrrole nitrogens is 1. The van der Waals surface area contributed by atoms with Gasteiger partial charge in [-0.15, -0.1) is 0 Å². The van der Waals surface area contributed by atoms with E-state index in [0.717, 1.165) is 50.4 Å². The lowest BCUT2D eigenvalue weighted by molar-refractivity contribution is 0.178. The largest absolute Gasteiger partial charge is 0.370 e. The van der Waals surface area contributed by atoms with Crippen molar-refractivity contribution in [1.82, 2.24) is 20.2 Å². The molecule has 2 amide bonds. The fourth-order valence-electron chi connectivity index (χ4n) is 3.82. The first-order valence-corrected chi connectivity index (χ1v) is 10.9. The quantitative estimate of drug-likeness (QED) is 0.849. The highest BCUT2D eigenvalue weighted by molar-refractivity contribution is 7.99. The second-order valence-electron chi connectivity index (χ2n) is 7.18. The fourth-order valence-corrected chi connectivity index (χ4v) is 4.72. The van der Waals surface area contributed by atoms with Gasteiger partial charge in [-0.25, -0.2) is 9.78 Å². The zero-order chi connectivity index (χ0) is 18.5. The third-order valence-corrected chi connectivity index (χ3v) is 6.31. The van der Waals surface area contributed by atoms with Crippen LogP contribution in [0.15, 0.2) is 36.7 Å². The number of nitrogens with one attached hydrogen (secondary N) is 2. The van der Waals surface area contributed by atoms with E-state index < -0.39 is 0 Å². The lowest BCUT2D eigenvalue weighted by atomic mass is 9.98. The number of hydrogen-bond donors (Lipinski definition) is 2. The molecule has 1 aromatic heterocycles. The molecule has 0 saturated carbocycles. The van der Waals surface area contributed by atoms with Crippen LogP contribution in [0.3, 0.4) is 0 Å². The van der Waals surface area contributed by atoms with Gasteiger partial charge in [-0.1, -0.05) is 12.1 Å². The number of piperidine rings is 1. The van der Waals surface area contributed by atoms with E-state index >= 15 is 0 Å². The number of imidazole rings is 1. The average molecular weight is 386 g/mol. The minimum absolute atomic E-state index is 0.0170. The van der Waals surface area contributed by atoms with Crippen LogP contribution in [0.2, 0.25) is 0 Å². The van der Waals surface area contributed by atoms with E-state index in [4.69, 9.17) is 0 Å². The molecule has 1 atom stereocenters. The number of aromatic amines is 1. The Morgan fingerprint density at radius 3 is 2.78 bits per heavy atom. The van der Waals surface area contributed by atoms with E-state index in [1.807, 2.05) is 22.9 Å². The minimum Gasteiger partial charge on any atom is -0.370 e. The molecular formula is C20H27N5OS. The van der Waals surface area contributed by atoms with Gasteiger partial charge in [0, 0.05) is 68.2 Å². The Labute approximate surface area is 164 Å². The van der Waals surface area contributed by atoms with E-state index in [1.165, 1.54) is 17.2 Å². The van der Waals surface area contributed by atoms with E-state index in [1.54, 1.807) is 6.20 Å². The molecule has 0 bridgehead atoms. The van der Waals surface area contributed by atoms with E-state index in [2.05, 4.69) is 44.5 Å². The first-order chi connectivity index (χ1) is 13.3. The number of hydrogen-bond acceptors (Lipinski definition) is 4. The Hall–Kier alpha value is -2.15. The second kappa shape index (κ2) is 8.69. The number of amides is 2. The molecule has 6 nitrogen and oxygen atoms in total. The first kappa shape index (κ1) is 18.2. The molecule has 2 aromatic rings. The standard InChI is InChI=1S/C20H27N5OS/c26-20(25-9-1-2-17(15-25)19-21-7-8-22-19)23-14-16-3-5-18(6-4-16)24-10-12-27-13-11-24/h3-8,17H,1-2,9-15H2,(H,21,22)(H,23,26). The van der Waals surface area contributed by atoms with Crippen LogP contribution in [0, 0.1) is 0 Å². The molecule has 2 aliphatic heterocycles. The van der Waals surface area contributed by atoms with Gasteiger partial charge < -0.3 is 20.1 Å². The highest BCUT2D eigenvalue weighted by Crippen LogP contribution is 2.24. The van der Waals surface area contributed by atoms with E-state index in [0.29, 0.717) is 12.5 Å². The molecule has 3 heterocycles. The number of aromatic nitrogens is 2. The lowest BCUT2D eigenvalue weighted by Crippen LogP contribution is -2.44. The third kappa shape index (κ3) is 4.58. The number of thioether (sulfide) groups is 1. The monoisotopic (exact) mass is 385 g/mol. The zero-order valence-electron chi connectivity index (χ0n) is 15.6. The minimum atomic E-state index is 0.0170. The fraction of sp³-hybridized carbons (Fsp3) is 0.500. The molecule has 27 heavy (non-hydrogen) atoms.